The van der Waals surface area contributed by atoms with Crippen molar-refractivity contribution in [2.24, 2.45) is 5.73 Å². The Bertz CT molecular complexity index is 2780. The van der Waals surface area contributed by atoms with E-state index in [2.05, 4.69) is 141 Å². The maximum atomic E-state index is 13.7. The number of hydrogen-bond donors (Lipinski definition) is 2. The quantitative estimate of drug-likeness (QED) is 0.114. The predicted octanol–water partition coefficient (Wildman–Crippen LogP) is 15.6. The molecule has 2 unspecified atom stereocenters. The molecule has 0 fully saturated rings. The van der Waals surface area contributed by atoms with E-state index in [4.69, 9.17) is 17.3 Å². The van der Waals surface area contributed by atoms with Gasteiger partial charge in [-0.2, -0.15) is 0 Å². The number of nitrogens with two attached hydrogens (primary N) is 1. The van der Waals surface area contributed by atoms with Gasteiger partial charge in [0.1, 0.15) is 11.6 Å². The molecule has 7 rings (SSSR count). The fourth-order valence-corrected chi connectivity index (χ4v) is 8.45. The molecule has 0 spiro atoms. The van der Waals surface area contributed by atoms with Crippen LogP contribution in [0.2, 0.25) is 5.02 Å². The molecule has 0 aliphatic rings. The van der Waals surface area contributed by atoms with Crippen LogP contribution in [-0.4, -0.2) is 7.05 Å². The molecule has 3 N–H and O–H groups in total. The molecular weight excluding hydrogens is 786 g/mol. The summed E-state index contributed by atoms with van der Waals surface area (Å²) in [7, 11) is 1.87. The van der Waals surface area contributed by atoms with Crippen LogP contribution in [0.1, 0.15) is 61.8 Å². The van der Waals surface area contributed by atoms with E-state index in [9.17, 15) is 8.78 Å². The highest BCUT2D eigenvalue weighted by atomic mass is 35.5. The fourth-order valence-electron chi connectivity index (χ4n) is 8.21. The van der Waals surface area contributed by atoms with Crippen LogP contribution >= 0.6 is 11.6 Å². The van der Waals surface area contributed by atoms with E-state index in [1.54, 1.807) is 18.3 Å². The van der Waals surface area contributed by atoms with Gasteiger partial charge in [0.25, 0.3) is 0 Å². The molecule has 310 valence electrons. The summed E-state index contributed by atoms with van der Waals surface area (Å²) >= 11 is 6.94. The Morgan fingerprint density at radius 1 is 0.516 bits per heavy atom. The summed E-state index contributed by atoms with van der Waals surface area (Å²) in [6.07, 6.45) is 8.00. The minimum atomic E-state index is -0.273. The van der Waals surface area contributed by atoms with Gasteiger partial charge in [0.15, 0.2) is 0 Å². The smallest absolute Gasteiger partial charge is 0.123 e. The van der Waals surface area contributed by atoms with Crippen LogP contribution in [0, 0.1) is 11.6 Å². The van der Waals surface area contributed by atoms with Gasteiger partial charge in [0.2, 0.25) is 0 Å². The second kappa shape index (κ2) is 19.8. The minimum Gasteiger partial charge on any atom is -0.404 e. The van der Waals surface area contributed by atoms with Gasteiger partial charge >= 0.3 is 0 Å². The van der Waals surface area contributed by atoms with Crippen LogP contribution in [-0.2, 0) is 0 Å². The first-order chi connectivity index (χ1) is 30.0. The Balaban J connectivity index is 1.13. The van der Waals surface area contributed by atoms with Gasteiger partial charge in [-0.1, -0.05) is 159 Å². The van der Waals surface area contributed by atoms with Crippen LogP contribution < -0.4 is 11.1 Å². The summed E-state index contributed by atoms with van der Waals surface area (Å²) in [6.45, 7) is 8.50. The van der Waals surface area contributed by atoms with Crippen LogP contribution in [0.5, 0.6) is 0 Å². The Morgan fingerprint density at radius 3 is 1.27 bits per heavy atom. The van der Waals surface area contributed by atoms with E-state index in [1.165, 1.54) is 35.4 Å². The van der Waals surface area contributed by atoms with Gasteiger partial charge in [-0.15, -0.1) is 0 Å². The molecule has 0 saturated carbocycles. The monoisotopic (exact) mass is 836 g/mol. The maximum Gasteiger partial charge on any atom is 0.123 e. The van der Waals surface area contributed by atoms with Crippen molar-refractivity contribution in [1.82, 2.24) is 5.32 Å². The zero-order chi connectivity index (χ0) is 43.8. The largest absolute Gasteiger partial charge is 0.404 e. The molecule has 7 aromatic carbocycles. The second-order valence-electron chi connectivity index (χ2n) is 15.8. The van der Waals surface area contributed by atoms with Crippen LogP contribution in [0.15, 0.2) is 199 Å². The van der Waals surface area contributed by atoms with Crippen molar-refractivity contribution in [3.05, 3.63) is 238 Å². The average Bonchev–Trinajstić information content (AvgIpc) is 3.29. The summed E-state index contributed by atoms with van der Waals surface area (Å²) in [6, 6.07) is 53.8. The van der Waals surface area contributed by atoms with E-state index >= 15 is 0 Å². The number of nitrogens with one attached hydrogen (secondary N) is 1. The first-order valence-corrected chi connectivity index (χ1v) is 21.3. The summed E-state index contributed by atoms with van der Waals surface area (Å²) in [5, 5.41) is 3.81. The molecule has 2 atom stereocenters. The normalized spacial score (nSPS) is 13.5. The van der Waals surface area contributed by atoms with Crippen molar-refractivity contribution in [3.8, 4) is 44.5 Å². The standard InChI is InChI=1S/C57H51ClF2N2/c1-37(30-39(3)56(35-61)45-22-26-50(59)27-23-45)41-14-18-43(19-15-41)52-10-6-8-12-54(52)47-32-48(34-49(58)33-47)55-13-9-7-11-53(55)44-20-16-42(17-21-44)38(2)31-40(4)57(36-62-5)46-24-28-51(60)29-25-46/h6-38,62H,61H2,1-5H3/b39-30-,40-31-,56-35+,57-36+. The Labute approximate surface area is 370 Å². The molecule has 0 bridgehead atoms. The third kappa shape index (κ3) is 10.1. The van der Waals surface area contributed by atoms with Gasteiger partial charge in [-0.05, 0) is 157 Å². The highest BCUT2D eigenvalue weighted by molar-refractivity contribution is 6.31. The molecule has 2 nitrogen and oxygen atoms in total. The molecule has 5 heteroatoms. The summed E-state index contributed by atoms with van der Waals surface area (Å²) in [5.41, 5.74) is 23.0. The number of hydrogen-bond acceptors (Lipinski definition) is 2. The van der Waals surface area contributed by atoms with E-state index in [0.29, 0.717) is 5.02 Å². The lowest BCUT2D eigenvalue weighted by atomic mass is 9.88. The number of benzene rings is 7. The van der Waals surface area contributed by atoms with Gasteiger partial charge in [-0.3, -0.25) is 0 Å². The lowest BCUT2D eigenvalue weighted by Gasteiger charge is -2.16. The highest BCUT2D eigenvalue weighted by Gasteiger charge is 2.15. The number of allylic oxidation sites excluding steroid dienone is 6. The van der Waals surface area contributed by atoms with E-state index in [-0.39, 0.29) is 23.5 Å². The molecule has 0 aliphatic carbocycles. The Hall–Kier alpha value is -6.75. The van der Waals surface area contributed by atoms with Gasteiger partial charge in [-0.25, -0.2) is 8.78 Å². The van der Waals surface area contributed by atoms with Gasteiger partial charge in [0, 0.05) is 24.5 Å². The summed E-state index contributed by atoms with van der Waals surface area (Å²) in [5.74, 6) is -0.247. The van der Waals surface area contributed by atoms with E-state index in [1.807, 2.05) is 44.4 Å². The van der Waals surface area contributed by atoms with Crippen molar-refractivity contribution in [3.63, 3.8) is 0 Å². The molecular formula is C57H51ClF2N2. The molecule has 0 heterocycles. The lowest BCUT2D eigenvalue weighted by Crippen LogP contribution is -1.99. The molecule has 0 amide bonds. The molecule has 0 aromatic heterocycles. The Morgan fingerprint density at radius 2 is 0.887 bits per heavy atom. The molecule has 7 aromatic rings. The predicted molar refractivity (Wildman–Crippen MR) is 260 cm³/mol. The first kappa shape index (κ1) is 43.3. The van der Waals surface area contributed by atoms with Crippen molar-refractivity contribution in [2.45, 2.75) is 39.5 Å². The van der Waals surface area contributed by atoms with Crippen molar-refractivity contribution in [2.75, 3.05) is 7.05 Å². The third-order valence-corrected chi connectivity index (χ3v) is 11.7. The second-order valence-corrected chi connectivity index (χ2v) is 16.2. The van der Waals surface area contributed by atoms with Crippen LogP contribution in [0.4, 0.5) is 8.78 Å². The molecule has 0 saturated heterocycles. The van der Waals surface area contributed by atoms with Crippen molar-refractivity contribution >= 4 is 22.7 Å². The zero-order valence-electron chi connectivity index (χ0n) is 35.8. The maximum absolute atomic E-state index is 13.7. The molecule has 62 heavy (non-hydrogen) atoms. The molecule has 0 radical (unpaired) electrons. The number of halogens is 3. The average molecular weight is 837 g/mol. The number of rotatable bonds is 13. The SMILES string of the molecule is CN/C=C(\C(C)=C/C(C)c1ccc(-c2ccccc2-c2cc(Cl)cc(-c3ccccc3-c3ccc(C(C)/C=C(C)\C(=C/N)c4ccc(F)cc4)cc3)c2)cc1)c1ccc(F)cc1. The topological polar surface area (TPSA) is 38.0 Å². The van der Waals surface area contributed by atoms with Crippen LogP contribution in [0.3, 0.4) is 0 Å². The van der Waals surface area contributed by atoms with Gasteiger partial charge < -0.3 is 11.1 Å². The highest BCUT2D eigenvalue weighted by Crippen LogP contribution is 2.40. The van der Waals surface area contributed by atoms with E-state index in [0.717, 1.165) is 77.9 Å². The van der Waals surface area contributed by atoms with Crippen LogP contribution in [0.25, 0.3) is 55.7 Å². The van der Waals surface area contributed by atoms with Crippen molar-refractivity contribution < 1.29 is 8.78 Å². The van der Waals surface area contributed by atoms with E-state index < -0.39 is 0 Å². The van der Waals surface area contributed by atoms with Gasteiger partial charge in [0.05, 0.1) is 0 Å². The summed E-state index contributed by atoms with van der Waals surface area (Å²) in [4.78, 5) is 0. The summed E-state index contributed by atoms with van der Waals surface area (Å²) < 4.78 is 27.3. The molecule has 0 aliphatic heterocycles. The zero-order valence-corrected chi connectivity index (χ0v) is 36.5. The van der Waals surface area contributed by atoms with Crippen molar-refractivity contribution in [1.29, 1.82) is 0 Å². The fraction of sp³-hybridized carbons (Fsp3) is 0.123. The third-order valence-electron chi connectivity index (χ3n) is 11.5. The lowest BCUT2D eigenvalue weighted by molar-refractivity contribution is 0.627. The first-order valence-electron chi connectivity index (χ1n) is 20.9. The minimum absolute atomic E-state index is 0.124. The Kier molecular flexibility index (Phi) is 13.8.